The van der Waals surface area contributed by atoms with Crippen LogP contribution < -0.4 is 0 Å². The maximum atomic E-state index is 4.01. The molecule has 1 unspecified atom stereocenters. The minimum absolute atomic E-state index is 0.357. The predicted molar refractivity (Wildman–Crippen MR) is 49.3 cm³/mol. The Labute approximate surface area is 77.1 Å². The first kappa shape index (κ1) is 8.21. The molecule has 10 heavy (non-hydrogen) atoms. The molecule has 3 heteroatoms. The van der Waals surface area contributed by atoms with E-state index < -0.39 is 0 Å². The number of nitrogens with zero attached hydrogens (tertiary/aromatic N) is 1. The summed E-state index contributed by atoms with van der Waals surface area (Å²) in [5, 5.41) is 0. The van der Waals surface area contributed by atoms with Gasteiger partial charge in [0, 0.05) is 21.7 Å². The van der Waals surface area contributed by atoms with Gasteiger partial charge in [0.15, 0.2) is 0 Å². The van der Waals surface area contributed by atoms with Crippen LogP contribution in [-0.2, 0) is 0 Å². The molecule has 1 aromatic heterocycles. The van der Waals surface area contributed by atoms with Crippen LogP contribution in [0.3, 0.4) is 0 Å². The average molecular weight is 265 g/mol. The summed E-state index contributed by atoms with van der Waals surface area (Å²) >= 11 is 6.89. The number of pyridine rings is 1. The molecule has 0 aliphatic rings. The van der Waals surface area contributed by atoms with Crippen LogP contribution in [0.1, 0.15) is 17.3 Å². The van der Waals surface area contributed by atoms with Crippen LogP contribution in [0.4, 0.5) is 0 Å². The molecule has 0 radical (unpaired) electrons. The van der Waals surface area contributed by atoms with Crippen LogP contribution in [0, 0.1) is 0 Å². The number of rotatable bonds is 1. The first-order chi connectivity index (χ1) is 4.72. The topological polar surface area (TPSA) is 12.9 Å². The second-order valence-corrected chi connectivity index (χ2v) is 4.24. The SMILES string of the molecule is CC(Br)c1cnccc1Br. The zero-order valence-corrected chi connectivity index (χ0v) is 8.68. The van der Waals surface area contributed by atoms with E-state index in [4.69, 9.17) is 0 Å². The fourth-order valence-electron chi connectivity index (χ4n) is 0.682. The van der Waals surface area contributed by atoms with E-state index in [0.717, 1.165) is 4.47 Å². The lowest BCUT2D eigenvalue weighted by Crippen LogP contribution is -1.85. The number of hydrogen-bond donors (Lipinski definition) is 0. The molecule has 1 nitrogen and oxygen atoms in total. The van der Waals surface area contributed by atoms with Gasteiger partial charge in [0.25, 0.3) is 0 Å². The highest BCUT2D eigenvalue weighted by atomic mass is 79.9. The Kier molecular flexibility index (Phi) is 2.86. The van der Waals surface area contributed by atoms with Gasteiger partial charge in [-0.2, -0.15) is 0 Å². The quantitative estimate of drug-likeness (QED) is 0.710. The minimum Gasteiger partial charge on any atom is -0.264 e. The molecule has 0 saturated carbocycles. The Balaban J connectivity index is 3.03. The third-order valence-electron chi connectivity index (χ3n) is 1.22. The van der Waals surface area contributed by atoms with Crippen LogP contribution in [0.2, 0.25) is 0 Å². The lowest BCUT2D eigenvalue weighted by Gasteiger charge is -2.03. The fraction of sp³-hybridized carbons (Fsp3) is 0.286. The molecular weight excluding hydrogens is 258 g/mol. The standard InChI is InChI=1S/C7H7Br2N/c1-5(8)6-4-10-3-2-7(6)9/h2-5H,1H3. The van der Waals surface area contributed by atoms with E-state index >= 15 is 0 Å². The summed E-state index contributed by atoms with van der Waals surface area (Å²) in [6.45, 7) is 2.07. The van der Waals surface area contributed by atoms with Crippen LogP contribution in [-0.4, -0.2) is 4.98 Å². The molecule has 0 spiro atoms. The van der Waals surface area contributed by atoms with Gasteiger partial charge in [-0.1, -0.05) is 31.9 Å². The summed E-state index contributed by atoms with van der Waals surface area (Å²) < 4.78 is 1.10. The normalized spacial score (nSPS) is 13.1. The van der Waals surface area contributed by atoms with E-state index in [1.807, 2.05) is 12.3 Å². The molecule has 0 N–H and O–H groups in total. The zero-order valence-electron chi connectivity index (χ0n) is 5.51. The first-order valence-corrected chi connectivity index (χ1v) is 4.66. The molecule has 1 heterocycles. The smallest absolute Gasteiger partial charge is 0.0393 e. The molecule has 0 amide bonds. The molecular formula is C7H7Br2N. The maximum Gasteiger partial charge on any atom is 0.0393 e. The second-order valence-electron chi connectivity index (χ2n) is 2.01. The Bertz CT molecular complexity index is 223. The van der Waals surface area contributed by atoms with Gasteiger partial charge in [-0.3, -0.25) is 4.98 Å². The highest BCUT2D eigenvalue weighted by Gasteiger charge is 2.03. The summed E-state index contributed by atoms with van der Waals surface area (Å²) in [6, 6.07) is 1.94. The van der Waals surface area contributed by atoms with Crippen molar-refractivity contribution >= 4 is 31.9 Å². The molecule has 1 rings (SSSR count). The maximum absolute atomic E-state index is 4.01. The van der Waals surface area contributed by atoms with E-state index in [2.05, 4.69) is 43.8 Å². The molecule has 0 aliphatic heterocycles. The van der Waals surface area contributed by atoms with Crippen molar-refractivity contribution in [1.82, 2.24) is 4.98 Å². The average Bonchev–Trinajstić information content (AvgIpc) is 1.88. The van der Waals surface area contributed by atoms with E-state index in [1.165, 1.54) is 5.56 Å². The van der Waals surface area contributed by atoms with Crippen LogP contribution in [0.15, 0.2) is 22.9 Å². The lowest BCUT2D eigenvalue weighted by molar-refractivity contribution is 1.08. The van der Waals surface area contributed by atoms with Gasteiger partial charge in [-0.25, -0.2) is 0 Å². The van der Waals surface area contributed by atoms with E-state index in [1.54, 1.807) is 6.20 Å². The van der Waals surface area contributed by atoms with Crippen molar-refractivity contribution in [3.8, 4) is 0 Å². The van der Waals surface area contributed by atoms with Gasteiger partial charge in [0.05, 0.1) is 0 Å². The van der Waals surface area contributed by atoms with Crippen molar-refractivity contribution < 1.29 is 0 Å². The van der Waals surface area contributed by atoms with Crippen LogP contribution in [0.25, 0.3) is 0 Å². The van der Waals surface area contributed by atoms with Gasteiger partial charge in [0.2, 0.25) is 0 Å². The summed E-state index contributed by atoms with van der Waals surface area (Å²) in [6.07, 6.45) is 3.62. The molecule has 1 atom stereocenters. The largest absolute Gasteiger partial charge is 0.264 e. The predicted octanol–water partition coefficient (Wildman–Crippen LogP) is 3.30. The minimum atomic E-state index is 0.357. The van der Waals surface area contributed by atoms with E-state index in [-0.39, 0.29) is 0 Å². The molecule has 0 aromatic carbocycles. The zero-order chi connectivity index (χ0) is 7.56. The highest BCUT2D eigenvalue weighted by Crippen LogP contribution is 2.27. The Hall–Kier alpha value is 0.110. The molecule has 0 fully saturated rings. The van der Waals surface area contributed by atoms with Gasteiger partial charge < -0.3 is 0 Å². The molecule has 54 valence electrons. The third-order valence-corrected chi connectivity index (χ3v) is 2.44. The molecule has 1 aromatic rings. The Morgan fingerprint density at radius 3 is 2.70 bits per heavy atom. The first-order valence-electron chi connectivity index (χ1n) is 2.95. The number of halogens is 2. The van der Waals surface area contributed by atoms with Gasteiger partial charge in [-0.15, -0.1) is 0 Å². The third kappa shape index (κ3) is 1.80. The Morgan fingerprint density at radius 2 is 2.30 bits per heavy atom. The summed E-state index contributed by atoms with van der Waals surface area (Å²) in [7, 11) is 0. The highest BCUT2D eigenvalue weighted by molar-refractivity contribution is 9.11. The second kappa shape index (κ2) is 3.49. The van der Waals surface area contributed by atoms with Gasteiger partial charge in [-0.05, 0) is 18.6 Å². The van der Waals surface area contributed by atoms with Crippen molar-refractivity contribution in [2.45, 2.75) is 11.8 Å². The van der Waals surface area contributed by atoms with Gasteiger partial charge in [0.1, 0.15) is 0 Å². The number of aromatic nitrogens is 1. The number of alkyl halides is 1. The molecule has 0 aliphatic carbocycles. The van der Waals surface area contributed by atoms with Crippen molar-refractivity contribution in [1.29, 1.82) is 0 Å². The summed E-state index contributed by atoms with van der Waals surface area (Å²) in [5.74, 6) is 0. The molecule has 0 saturated heterocycles. The fourth-order valence-corrected chi connectivity index (χ4v) is 1.92. The van der Waals surface area contributed by atoms with Crippen molar-refractivity contribution in [3.05, 3.63) is 28.5 Å². The molecule has 0 bridgehead atoms. The lowest BCUT2D eigenvalue weighted by atomic mass is 10.2. The summed E-state index contributed by atoms with van der Waals surface area (Å²) in [4.78, 5) is 4.36. The van der Waals surface area contributed by atoms with Crippen molar-refractivity contribution in [2.75, 3.05) is 0 Å². The van der Waals surface area contributed by atoms with E-state index in [9.17, 15) is 0 Å². The van der Waals surface area contributed by atoms with E-state index in [0.29, 0.717) is 4.83 Å². The summed E-state index contributed by atoms with van der Waals surface area (Å²) in [5.41, 5.74) is 1.18. The van der Waals surface area contributed by atoms with Crippen molar-refractivity contribution in [3.63, 3.8) is 0 Å². The Morgan fingerprint density at radius 1 is 1.60 bits per heavy atom. The van der Waals surface area contributed by atoms with Crippen molar-refractivity contribution in [2.24, 2.45) is 0 Å². The van der Waals surface area contributed by atoms with Gasteiger partial charge >= 0.3 is 0 Å². The van der Waals surface area contributed by atoms with Crippen LogP contribution in [0.5, 0.6) is 0 Å². The van der Waals surface area contributed by atoms with Crippen LogP contribution >= 0.6 is 31.9 Å². The monoisotopic (exact) mass is 263 g/mol. The number of hydrogen-bond acceptors (Lipinski definition) is 1.